The molecule has 2 saturated carbocycles. The maximum atomic E-state index is 4.85. The number of hydrogen-bond donors (Lipinski definition) is 0. The van der Waals surface area contributed by atoms with E-state index >= 15 is 0 Å². The van der Waals surface area contributed by atoms with Gasteiger partial charge in [0.2, 0.25) is 0 Å². The number of aromatic nitrogens is 8. The van der Waals surface area contributed by atoms with Gasteiger partial charge in [-0.2, -0.15) is 0 Å². The molecular weight excluding hydrogens is 2300 g/mol. The molecule has 16 aromatic rings. The van der Waals surface area contributed by atoms with Gasteiger partial charge in [-0.1, -0.05) is 243 Å². The molecule has 0 saturated heterocycles. The molecule has 0 N–H and O–H groups in total. The molecule has 12 aromatic carbocycles. The van der Waals surface area contributed by atoms with Gasteiger partial charge in [-0.15, -0.1) is 144 Å². The van der Waals surface area contributed by atoms with Crippen LogP contribution in [0.5, 0.6) is 0 Å². The molecule has 0 bridgehead atoms. The van der Waals surface area contributed by atoms with Crippen molar-refractivity contribution >= 4 is 0 Å². The summed E-state index contributed by atoms with van der Waals surface area (Å²) in [6.07, 6.45) is 33.3. The monoisotopic (exact) mass is 2430 g/mol. The average molecular weight is 2430 g/mol. The summed E-state index contributed by atoms with van der Waals surface area (Å²) in [7, 11) is 0. The Bertz CT molecular complexity index is 5970. The first kappa shape index (κ1) is 104. The van der Waals surface area contributed by atoms with E-state index in [4.69, 9.17) is 15.0 Å². The molecule has 8 nitrogen and oxygen atoms in total. The van der Waals surface area contributed by atoms with Crippen molar-refractivity contribution in [3.8, 4) is 113 Å². The Balaban J connectivity index is 0.000000193. The van der Waals surface area contributed by atoms with Crippen LogP contribution in [0.15, 0.2) is 304 Å². The summed E-state index contributed by atoms with van der Waals surface area (Å²) in [5.74, 6) is 6.94. The number of hydrogen-bond acceptors (Lipinski definition) is 4. The maximum absolute atomic E-state index is 4.85. The molecule has 4 radical (unpaired) electrons. The minimum absolute atomic E-state index is 0. The quantitative estimate of drug-likeness (QED) is 0.0634. The molecule has 0 aliphatic heterocycles. The fourth-order valence-electron chi connectivity index (χ4n) is 18.7. The van der Waals surface area contributed by atoms with Gasteiger partial charge in [0.25, 0.3) is 0 Å². The van der Waals surface area contributed by atoms with E-state index in [1.165, 1.54) is 187 Å². The van der Waals surface area contributed by atoms with Crippen molar-refractivity contribution in [2.45, 2.75) is 212 Å². The second kappa shape index (κ2) is 50.1. The van der Waals surface area contributed by atoms with Crippen LogP contribution in [0.2, 0.25) is 0 Å². The first-order chi connectivity index (χ1) is 60.6. The van der Waals surface area contributed by atoms with Gasteiger partial charge in [-0.25, -0.2) is 0 Å². The summed E-state index contributed by atoms with van der Waals surface area (Å²) in [4.78, 5) is 18.9. The van der Waals surface area contributed by atoms with Crippen molar-refractivity contribution in [3.05, 3.63) is 384 Å². The van der Waals surface area contributed by atoms with Gasteiger partial charge in [-0.05, 0) is 238 Å². The zero-order chi connectivity index (χ0) is 86.0. The van der Waals surface area contributed by atoms with Crippen LogP contribution in [0.25, 0.3) is 113 Å². The Morgan fingerprint density at radius 2 is 0.577 bits per heavy atom. The van der Waals surface area contributed by atoms with Crippen LogP contribution in [0.1, 0.15) is 228 Å². The molecule has 2 aliphatic rings. The fraction of sp³-hybridized carbons (Fsp3) is 0.288. The van der Waals surface area contributed by atoms with E-state index in [2.05, 4.69) is 343 Å². The van der Waals surface area contributed by atoms with E-state index in [0.29, 0.717) is 35.5 Å². The van der Waals surface area contributed by atoms with Crippen LogP contribution in [-0.4, -0.2) is 38.2 Å². The molecule has 4 aromatic heterocycles. The summed E-state index contributed by atoms with van der Waals surface area (Å²) in [5, 5.41) is 0. The maximum Gasteiger partial charge on any atom is 0.0602 e. The predicted octanol–water partition coefficient (Wildman–Crippen LogP) is 31.8. The van der Waals surface area contributed by atoms with Crippen molar-refractivity contribution in [3.63, 3.8) is 0 Å². The van der Waals surface area contributed by atoms with E-state index in [9.17, 15) is 0 Å². The molecule has 4 heterocycles. The summed E-state index contributed by atoms with van der Waals surface area (Å²) < 4.78 is 9.14. The SMILES string of the molecule is C.C.CC(C)Cc1cc(-c2ccccc2)cc(CC(C)C)c1-n1ccnc1-c1[c-]cccc1.CCc1cc(-c2ccccc2)cc(CC)c1-n1ccnc1-c1[c-]cccc1.Cc1cc(C)cc(-c2cc(C(C)C)c(-n3ccnc3-c3[c-]cccc3)c(C(C)C)c2)c1.[Ir].[Ir].[Ir].[Ir].[c-]1ccccc1-c1nccn1-c1c(C2CCCCC2)cc(-c2ccccc2)cc1C1CCCCC1. The molecule has 18 rings (SSSR count). The Morgan fingerprint density at radius 3 is 0.877 bits per heavy atom. The van der Waals surface area contributed by atoms with Crippen molar-refractivity contribution < 1.29 is 80.4 Å². The summed E-state index contributed by atoms with van der Waals surface area (Å²) in [6, 6.07) is 104. The summed E-state index contributed by atoms with van der Waals surface area (Å²) in [6.45, 7) is 27.1. The predicted molar refractivity (Wildman–Crippen MR) is 532 cm³/mol. The van der Waals surface area contributed by atoms with Gasteiger partial charge in [0, 0.05) is 153 Å². The average Bonchev–Trinajstić information content (AvgIpc) is 1.03. The molecule has 2 aliphatic carbocycles. The van der Waals surface area contributed by atoms with Gasteiger partial charge in [0.15, 0.2) is 0 Å². The Labute approximate surface area is 831 Å². The van der Waals surface area contributed by atoms with Crippen LogP contribution in [0, 0.1) is 49.9 Å². The van der Waals surface area contributed by atoms with Crippen LogP contribution in [-0.2, 0) is 106 Å². The van der Waals surface area contributed by atoms with Gasteiger partial charge in [0.05, 0.1) is 23.3 Å². The number of rotatable bonds is 22. The smallest absolute Gasteiger partial charge is 0.0602 e. The van der Waals surface area contributed by atoms with Crippen LogP contribution in [0.4, 0.5) is 0 Å². The third-order valence-corrected chi connectivity index (χ3v) is 24.4. The Hall–Kier alpha value is -9.92. The third-order valence-electron chi connectivity index (χ3n) is 24.4. The second-order valence-electron chi connectivity index (χ2n) is 35.2. The van der Waals surface area contributed by atoms with E-state index in [1.54, 1.807) is 0 Å². The number of nitrogens with zero attached hydrogens (tertiary/aromatic N) is 8. The minimum atomic E-state index is 0. The summed E-state index contributed by atoms with van der Waals surface area (Å²) in [5.41, 5.74) is 33.5. The van der Waals surface area contributed by atoms with Gasteiger partial charge >= 0.3 is 0 Å². The van der Waals surface area contributed by atoms with Crippen molar-refractivity contribution in [2.75, 3.05) is 0 Å². The van der Waals surface area contributed by atoms with E-state index < -0.39 is 0 Å². The van der Waals surface area contributed by atoms with E-state index in [-0.39, 0.29) is 95.3 Å². The third kappa shape index (κ3) is 25.1. The largest absolute Gasteiger partial charge is 0.340 e. The van der Waals surface area contributed by atoms with Crippen molar-refractivity contribution in [1.29, 1.82) is 0 Å². The summed E-state index contributed by atoms with van der Waals surface area (Å²) >= 11 is 0. The van der Waals surface area contributed by atoms with Crippen LogP contribution < -0.4 is 0 Å². The van der Waals surface area contributed by atoms with Gasteiger partial charge < -0.3 is 18.3 Å². The zero-order valence-electron chi connectivity index (χ0n) is 76.1. The standard InChI is InChI=1S/C33H35N2.2C29H31N2.C25H23N2.2CH4.4Ir/c1-5-13-25(14-6-1)29-23-30(26-15-7-2-8-16-26)32(31(24-29)27-17-9-3-10-18-27)35-22-21-34-33(35)28-19-11-4-12-20-28;1-19(2)26-17-25(24-15-21(5)14-22(6)16-24)18-27(20(3)4)28(26)31-13-12-30-29(31)23-10-8-7-9-11-23;1-21(2)17-26-19-25(23-11-7-5-8-12-23)20-27(18-22(3)4)28(26)31-16-15-30-29(31)24-13-9-6-10-14-24;1-3-19-17-23(21-11-7-5-8-12-21)18-20(4-2)24(19)27-16-15-26-25(27)22-13-9-6-10-14-22;;;;;;/h1,4-6,11-14,19,21-24,26-27H,2-3,7-10,15-18H2;7-10,12-20H,1-6H3;5-13,15-16,19-22H,17-18H2,1-4H3;5-13,15-18H,3-4H2,1-2H3;2*1H4;;;;/q4*-1;;;;;;. The molecule has 680 valence electrons. The Kier molecular flexibility index (Phi) is 40.0. The molecule has 0 amide bonds. The molecule has 12 heteroatoms. The molecule has 0 atom stereocenters. The fourth-order valence-corrected chi connectivity index (χ4v) is 18.7. The normalized spacial score (nSPS) is 12.4. The number of benzene rings is 12. The number of aryl methyl sites for hydroxylation is 4. The molecule has 0 unspecified atom stereocenters. The molecule has 2 fully saturated rings. The Morgan fingerprint density at radius 1 is 0.300 bits per heavy atom. The van der Waals surface area contributed by atoms with E-state index in [0.717, 1.165) is 71.2 Å². The van der Waals surface area contributed by atoms with Crippen LogP contribution in [0.3, 0.4) is 0 Å². The molecular formula is C118H128Ir4N8-4. The van der Waals surface area contributed by atoms with Gasteiger partial charge in [0.1, 0.15) is 0 Å². The molecule has 130 heavy (non-hydrogen) atoms. The van der Waals surface area contributed by atoms with Crippen molar-refractivity contribution in [1.82, 2.24) is 38.2 Å². The van der Waals surface area contributed by atoms with E-state index in [1.807, 2.05) is 91.5 Å². The first-order valence-electron chi connectivity index (χ1n) is 45.5. The minimum Gasteiger partial charge on any atom is -0.340 e. The zero-order valence-corrected chi connectivity index (χ0v) is 85.7. The molecule has 0 spiro atoms. The van der Waals surface area contributed by atoms with Crippen LogP contribution >= 0.6 is 0 Å². The van der Waals surface area contributed by atoms with Gasteiger partial charge in [-0.3, -0.25) is 19.9 Å². The first-order valence-corrected chi connectivity index (χ1v) is 45.5. The number of imidazole rings is 4. The van der Waals surface area contributed by atoms with Crippen molar-refractivity contribution in [2.24, 2.45) is 11.8 Å². The topological polar surface area (TPSA) is 71.3 Å². The second-order valence-corrected chi connectivity index (χ2v) is 35.2.